The van der Waals surface area contributed by atoms with Gasteiger partial charge < -0.3 is 34.2 Å². The maximum Gasteiger partial charge on any atom is 0.472 e. The fourth-order valence-electron chi connectivity index (χ4n) is 11.3. The van der Waals surface area contributed by atoms with Crippen molar-refractivity contribution in [3.05, 3.63) is 109 Å². The molecule has 4 N–H and O–H groups in total. The number of ether oxygens (including phenoxy) is 3. The predicted molar refractivity (Wildman–Crippen MR) is 427 cm³/mol. The van der Waals surface area contributed by atoms with E-state index in [0.717, 1.165) is 141 Å². The van der Waals surface area contributed by atoms with E-state index in [4.69, 9.17) is 32.3 Å². The van der Waals surface area contributed by atoms with Gasteiger partial charge in [-0.05, 0) is 103 Å². The van der Waals surface area contributed by atoms with Crippen molar-refractivity contribution in [2.75, 3.05) is 39.6 Å². The van der Waals surface area contributed by atoms with Gasteiger partial charge in [-0.15, -0.1) is 0 Å². The van der Waals surface area contributed by atoms with Gasteiger partial charge in [0, 0.05) is 19.3 Å². The van der Waals surface area contributed by atoms with Crippen molar-refractivity contribution in [2.24, 2.45) is 0 Å². The molecule has 596 valence electrons. The first kappa shape index (κ1) is 99.2. The van der Waals surface area contributed by atoms with E-state index in [1.54, 1.807) is 0 Å². The topological polar surface area (TPSA) is 231 Å². The van der Waals surface area contributed by atoms with Gasteiger partial charge in [0.05, 0.1) is 26.4 Å². The van der Waals surface area contributed by atoms with Crippen molar-refractivity contribution in [1.29, 1.82) is 0 Å². The van der Waals surface area contributed by atoms with Crippen molar-refractivity contribution in [3.8, 4) is 0 Å². The van der Waals surface area contributed by atoms with Crippen molar-refractivity contribution >= 4 is 33.6 Å². The van der Waals surface area contributed by atoms with Crippen LogP contribution in [0.2, 0.25) is 0 Å². The quantitative estimate of drug-likeness (QED) is 0.0146. The number of phosphoric ester groups is 2. The Morgan fingerprint density at radius 2 is 0.515 bits per heavy atom. The Kier molecular flexibility index (Phi) is 74.9. The zero-order chi connectivity index (χ0) is 75.2. The summed E-state index contributed by atoms with van der Waals surface area (Å²) >= 11 is 0. The van der Waals surface area contributed by atoms with E-state index < -0.39 is 91.5 Å². The highest BCUT2D eigenvalue weighted by atomic mass is 31.2. The molecule has 0 saturated heterocycles. The van der Waals surface area contributed by atoms with Crippen molar-refractivity contribution in [3.63, 3.8) is 0 Å². The summed E-state index contributed by atoms with van der Waals surface area (Å²) in [6.45, 7) is 2.49. The molecule has 0 heterocycles. The minimum atomic E-state index is -4.93. The summed E-state index contributed by atoms with van der Waals surface area (Å²) in [4.78, 5) is 58.7. The molecule has 0 radical (unpaired) electrons. The van der Waals surface area contributed by atoms with Gasteiger partial charge in [-0.2, -0.15) is 0 Å². The van der Waals surface area contributed by atoms with Crippen LogP contribution in [-0.2, 0) is 55.8 Å². The fourth-order valence-corrected chi connectivity index (χ4v) is 12.9. The number of hydrogen-bond acceptors (Lipinski definition) is 14. The van der Waals surface area contributed by atoms with Crippen LogP contribution in [0.15, 0.2) is 109 Å². The van der Waals surface area contributed by atoms with Gasteiger partial charge in [0.25, 0.3) is 0 Å². The standard InChI is InChI=1S/C85H150O16P2/c1-4-7-10-13-16-19-22-25-28-30-32-33-34-35-36-37-38-39-40-41-42-43-44-45-47-49-51-53-56-59-62-65-68-71-83(88)95-74-80(86)75-97-102(91,92)98-76-81(87)77-99-103(93,94)100-79-82(101-85(90)73-70-67-64-61-58-55-50-27-24-21-18-15-12-9-6-3)78-96-84(89)72-69-66-63-60-57-54-52-48-46-31-29-26-23-20-17-14-11-8-5-2/h7-8,10-11,16-17,19-20,25-26,28-29,32-33,35-36,46,48,80-82,86-87H,4-6,9,12-15,18,21-24,27,30-31,34,37-45,47,49-79H2,1-3H3,(H,91,92)(H,93,94)/b10-7-,11-8-,19-16-,20-17-,28-25-,29-26-,33-32-,36-35-,48-46-. The van der Waals surface area contributed by atoms with Gasteiger partial charge in [0.2, 0.25) is 0 Å². The maximum absolute atomic E-state index is 13.0. The Bertz CT molecular complexity index is 2310. The molecule has 18 heteroatoms. The zero-order valence-corrected chi connectivity index (χ0v) is 67.0. The first-order valence-electron chi connectivity index (χ1n) is 41.2. The summed E-state index contributed by atoms with van der Waals surface area (Å²) in [5.41, 5.74) is 0. The van der Waals surface area contributed by atoms with Crippen molar-refractivity contribution < 1.29 is 75.8 Å². The number of carbonyl (C=O) groups excluding carboxylic acids is 3. The molecule has 5 atom stereocenters. The lowest BCUT2D eigenvalue weighted by atomic mass is 10.0. The molecule has 0 amide bonds. The lowest BCUT2D eigenvalue weighted by Crippen LogP contribution is -2.30. The normalized spacial score (nSPS) is 14.5. The Morgan fingerprint density at radius 3 is 0.816 bits per heavy atom. The highest BCUT2D eigenvalue weighted by Crippen LogP contribution is 2.45. The van der Waals surface area contributed by atoms with Crippen LogP contribution in [0.25, 0.3) is 0 Å². The van der Waals surface area contributed by atoms with E-state index in [0.29, 0.717) is 19.3 Å². The van der Waals surface area contributed by atoms with Crippen LogP contribution in [0.1, 0.15) is 355 Å². The average Bonchev–Trinajstić information content (AvgIpc) is 0.916. The Morgan fingerprint density at radius 1 is 0.282 bits per heavy atom. The molecule has 0 aliphatic heterocycles. The predicted octanol–water partition coefficient (Wildman–Crippen LogP) is 24.3. The van der Waals surface area contributed by atoms with Crippen LogP contribution < -0.4 is 0 Å². The molecule has 0 aliphatic rings. The second kappa shape index (κ2) is 77.8. The van der Waals surface area contributed by atoms with Crippen LogP contribution in [0.4, 0.5) is 0 Å². The first-order chi connectivity index (χ1) is 50.2. The molecule has 0 spiro atoms. The highest BCUT2D eigenvalue weighted by molar-refractivity contribution is 7.47. The number of phosphoric acid groups is 2. The summed E-state index contributed by atoms with van der Waals surface area (Å²) in [6, 6.07) is 0. The monoisotopic (exact) mass is 1490 g/mol. The van der Waals surface area contributed by atoms with E-state index in [9.17, 15) is 43.5 Å². The van der Waals surface area contributed by atoms with Gasteiger partial charge in [0.1, 0.15) is 25.4 Å². The molecule has 0 fully saturated rings. The third-order valence-corrected chi connectivity index (χ3v) is 19.4. The smallest absolute Gasteiger partial charge is 0.463 e. The number of allylic oxidation sites excluding steroid dienone is 18. The van der Waals surface area contributed by atoms with E-state index in [1.165, 1.54) is 154 Å². The maximum atomic E-state index is 13.0. The molecule has 0 bridgehead atoms. The third kappa shape index (κ3) is 79.1. The second-order valence-corrected chi connectivity index (χ2v) is 30.4. The molecule has 0 aromatic rings. The fraction of sp³-hybridized carbons (Fsp3) is 0.753. The van der Waals surface area contributed by atoms with Gasteiger partial charge in [0.15, 0.2) is 6.10 Å². The number of aliphatic hydroxyl groups is 2. The minimum Gasteiger partial charge on any atom is -0.463 e. The molecule has 103 heavy (non-hydrogen) atoms. The van der Waals surface area contributed by atoms with E-state index in [2.05, 4.69) is 130 Å². The number of unbranched alkanes of at least 4 members (excludes halogenated alkanes) is 37. The summed E-state index contributed by atoms with van der Waals surface area (Å²) < 4.78 is 61.2. The molecule has 0 aromatic carbocycles. The van der Waals surface area contributed by atoms with Gasteiger partial charge in [-0.25, -0.2) is 9.13 Å². The summed E-state index contributed by atoms with van der Waals surface area (Å²) in [6.07, 6.45) is 91.5. The summed E-state index contributed by atoms with van der Waals surface area (Å²) in [7, 11) is -9.79. The summed E-state index contributed by atoms with van der Waals surface area (Å²) in [5, 5.41) is 20.7. The van der Waals surface area contributed by atoms with Gasteiger partial charge in [-0.3, -0.25) is 32.5 Å². The minimum absolute atomic E-state index is 0.105. The molecule has 0 rings (SSSR count). The van der Waals surface area contributed by atoms with E-state index in [-0.39, 0.29) is 19.3 Å². The average molecular weight is 1490 g/mol. The number of carbonyl (C=O) groups is 3. The molecular formula is C85H150O16P2. The highest BCUT2D eigenvalue weighted by Gasteiger charge is 2.29. The van der Waals surface area contributed by atoms with E-state index in [1.807, 2.05) is 0 Å². The molecule has 16 nitrogen and oxygen atoms in total. The summed E-state index contributed by atoms with van der Waals surface area (Å²) in [5.74, 6) is -1.57. The molecule has 0 aromatic heterocycles. The Hall–Kier alpha value is -3.79. The largest absolute Gasteiger partial charge is 0.472 e. The number of hydrogen-bond donors (Lipinski definition) is 4. The van der Waals surface area contributed by atoms with Crippen LogP contribution in [-0.4, -0.2) is 95.9 Å². The molecular weight excluding hydrogens is 1340 g/mol. The Labute approximate surface area is 628 Å². The first-order valence-corrected chi connectivity index (χ1v) is 44.2. The molecule has 5 unspecified atom stereocenters. The molecule has 0 aliphatic carbocycles. The van der Waals surface area contributed by atoms with Gasteiger partial charge in [-0.1, -0.05) is 342 Å². The Balaban J connectivity index is 4.42. The van der Waals surface area contributed by atoms with Crippen LogP contribution in [0.3, 0.4) is 0 Å². The zero-order valence-electron chi connectivity index (χ0n) is 65.2. The number of rotatable bonds is 78. The van der Waals surface area contributed by atoms with Crippen molar-refractivity contribution in [2.45, 2.75) is 373 Å². The van der Waals surface area contributed by atoms with Gasteiger partial charge >= 0.3 is 33.6 Å². The molecule has 0 saturated carbocycles. The van der Waals surface area contributed by atoms with E-state index >= 15 is 0 Å². The third-order valence-electron chi connectivity index (χ3n) is 17.5. The van der Waals surface area contributed by atoms with Crippen molar-refractivity contribution in [1.82, 2.24) is 0 Å². The van der Waals surface area contributed by atoms with Crippen LogP contribution in [0, 0.1) is 0 Å². The second-order valence-electron chi connectivity index (χ2n) is 27.5. The SMILES string of the molecule is CC/C=C\C/C=C\C/C=C\C/C=C\C/C=C\CCCCCCCCCCCCCCCCCCCC(=O)OCC(O)COP(=O)(O)OCC(O)COP(=O)(O)OCC(COC(=O)CCCCCCCC/C=C\C/C=C\C/C=C\C/C=C\CC)OC(=O)CCCCCCCCCCCCCCCCC. The number of aliphatic hydroxyl groups excluding tert-OH is 2. The van der Waals surface area contributed by atoms with Crippen LogP contribution >= 0.6 is 15.6 Å². The van der Waals surface area contributed by atoms with Crippen LogP contribution in [0.5, 0.6) is 0 Å². The lowest BCUT2D eigenvalue weighted by molar-refractivity contribution is -0.161. The lowest BCUT2D eigenvalue weighted by Gasteiger charge is -2.21. The number of esters is 3.